The van der Waals surface area contributed by atoms with Crippen molar-refractivity contribution < 1.29 is 24.6 Å². The number of nitrogens with one attached hydrogen (secondary N) is 1. The van der Waals surface area contributed by atoms with Crippen molar-refractivity contribution in [2.45, 2.75) is 0 Å². The molecule has 0 saturated carbocycles. The number of carboxylic acid groups (broad SMARTS) is 1. The van der Waals surface area contributed by atoms with Gasteiger partial charge in [0.2, 0.25) is 0 Å². The second kappa shape index (κ2) is 7.20. The van der Waals surface area contributed by atoms with Gasteiger partial charge in [0.05, 0.1) is 17.9 Å². The standard InChI is InChI=1S/C21H15ClN2O5/c22-11-4-5-13(21(28)29)17(10-11)24-19(26)14-3-1-2-12-16(23-8-9-25)7-6-15(18(12)14)20(24)27/h1-7,10,23,25H,8-9H2,(H,28,29). The third-order valence-corrected chi connectivity index (χ3v) is 5.00. The van der Waals surface area contributed by atoms with Crippen LogP contribution in [0.3, 0.4) is 0 Å². The number of aromatic carboxylic acids is 1. The van der Waals surface area contributed by atoms with E-state index in [1.807, 2.05) is 0 Å². The zero-order valence-electron chi connectivity index (χ0n) is 15.0. The highest BCUT2D eigenvalue weighted by Gasteiger charge is 2.36. The number of carboxylic acids is 1. The van der Waals surface area contributed by atoms with Gasteiger partial charge in [0.1, 0.15) is 0 Å². The molecule has 3 N–H and O–H groups in total. The number of aliphatic hydroxyl groups is 1. The van der Waals surface area contributed by atoms with Crippen molar-refractivity contribution in [3.63, 3.8) is 0 Å². The van der Waals surface area contributed by atoms with Gasteiger partial charge in [0, 0.05) is 39.2 Å². The van der Waals surface area contributed by atoms with Gasteiger partial charge in [-0.15, -0.1) is 0 Å². The molecule has 0 fully saturated rings. The van der Waals surface area contributed by atoms with Gasteiger partial charge in [0.25, 0.3) is 11.8 Å². The van der Waals surface area contributed by atoms with E-state index in [-0.39, 0.29) is 34.0 Å². The van der Waals surface area contributed by atoms with Crippen LogP contribution in [-0.2, 0) is 0 Å². The Morgan fingerprint density at radius 3 is 2.45 bits per heavy atom. The molecule has 29 heavy (non-hydrogen) atoms. The number of carbonyl (C=O) groups is 3. The van der Waals surface area contributed by atoms with Crippen LogP contribution in [0.5, 0.6) is 0 Å². The lowest BCUT2D eigenvalue weighted by Crippen LogP contribution is -2.41. The number of rotatable bonds is 5. The van der Waals surface area contributed by atoms with E-state index in [0.717, 1.165) is 4.90 Å². The molecule has 4 rings (SSSR count). The lowest BCUT2D eigenvalue weighted by atomic mass is 9.92. The van der Waals surface area contributed by atoms with E-state index in [1.54, 1.807) is 30.3 Å². The zero-order valence-corrected chi connectivity index (χ0v) is 15.7. The van der Waals surface area contributed by atoms with Crippen LogP contribution < -0.4 is 10.2 Å². The van der Waals surface area contributed by atoms with Crippen molar-refractivity contribution in [1.29, 1.82) is 0 Å². The first-order valence-corrected chi connectivity index (χ1v) is 9.14. The quantitative estimate of drug-likeness (QED) is 0.556. The topological polar surface area (TPSA) is 107 Å². The van der Waals surface area contributed by atoms with E-state index < -0.39 is 17.8 Å². The molecule has 0 aliphatic carbocycles. The highest BCUT2D eigenvalue weighted by Crippen LogP contribution is 2.37. The summed E-state index contributed by atoms with van der Waals surface area (Å²) in [4.78, 5) is 39.0. The molecular weight excluding hydrogens is 396 g/mol. The van der Waals surface area contributed by atoms with Gasteiger partial charge in [-0.05, 0) is 36.4 Å². The Balaban J connectivity index is 1.94. The van der Waals surface area contributed by atoms with Crippen molar-refractivity contribution in [1.82, 2.24) is 0 Å². The number of imide groups is 1. The predicted molar refractivity (Wildman–Crippen MR) is 109 cm³/mol. The van der Waals surface area contributed by atoms with Gasteiger partial charge in [-0.2, -0.15) is 0 Å². The summed E-state index contributed by atoms with van der Waals surface area (Å²) in [5.74, 6) is -2.53. The molecule has 7 nitrogen and oxygen atoms in total. The number of amides is 2. The van der Waals surface area contributed by atoms with Gasteiger partial charge in [0.15, 0.2) is 0 Å². The summed E-state index contributed by atoms with van der Waals surface area (Å²) in [7, 11) is 0. The number of benzene rings is 3. The van der Waals surface area contributed by atoms with Crippen molar-refractivity contribution >= 4 is 51.5 Å². The highest BCUT2D eigenvalue weighted by atomic mass is 35.5. The van der Waals surface area contributed by atoms with Crippen molar-refractivity contribution in [3.8, 4) is 0 Å². The van der Waals surface area contributed by atoms with E-state index in [2.05, 4.69) is 5.32 Å². The first kappa shape index (κ1) is 18.9. The molecule has 0 bridgehead atoms. The van der Waals surface area contributed by atoms with Crippen LogP contribution in [0, 0.1) is 0 Å². The molecule has 0 spiro atoms. The Bertz CT molecular complexity index is 1170. The summed E-state index contributed by atoms with van der Waals surface area (Å²) in [6.45, 7) is 0.248. The lowest BCUT2D eigenvalue weighted by molar-refractivity contribution is 0.0698. The van der Waals surface area contributed by atoms with Crippen LogP contribution in [0.2, 0.25) is 5.02 Å². The number of nitrogens with zero attached hydrogens (tertiary/aromatic N) is 1. The van der Waals surface area contributed by atoms with Gasteiger partial charge >= 0.3 is 5.97 Å². The highest BCUT2D eigenvalue weighted by molar-refractivity contribution is 6.38. The normalized spacial score (nSPS) is 13.1. The minimum absolute atomic E-state index is 0.0681. The van der Waals surface area contributed by atoms with E-state index in [1.165, 1.54) is 18.2 Å². The summed E-state index contributed by atoms with van der Waals surface area (Å²) < 4.78 is 0. The first-order chi connectivity index (χ1) is 13.9. The molecule has 0 aromatic heterocycles. The molecule has 0 atom stereocenters. The Morgan fingerprint density at radius 2 is 1.76 bits per heavy atom. The predicted octanol–water partition coefficient (Wildman–Crippen LogP) is 3.40. The third kappa shape index (κ3) is 3.00. The van der Waals surface area contributed by atoms with E-state index in [4.69, 9.17) is 16.7 Å². The Hall–Kier alpha value is -3.42. The lowest BCUT2D eigenvalue weighted by Gasteiger charge is -2.28. The zero-order chi connectivity index (χ0) is 20.7. The fraction of sp³-hybridized carbons (Fsp3) is 0.0952. The largest absolute Gasteiger partial charge is 0.478 e. The van der Waals surface area contributed by atoms with Crippen molar-refractivity contribution in [3.05, 3.63) is 70.2 Å². The Morgan fingerprint density at radius 1 is 1.03 bits per heavy atom. The minimum atomic E-state index is -1.27. The Labute approximate surface area is 170 Å². The van der Waals surface area contributed by atoms with Gasteiger partial charge in [-0.3, -0.25) is 9.59 Å². The summed E-state index contributed by atoms with van der Waals surface area (Å²) >= 11 is 6.02. The molecule has 1 aliphatic heterocycles. The second-order valence-corrected chi connectivity index (χ2v) is 6.89. The van der Waals surface area contributed by atoms with Crippen LogP contribution in [-0.4, -0.2) is 41.1 Å². The minimum Gasteiger partial charge on any atom is -0.478 e. The summed E-state index contributed by atoms with van der Waals surface area (Å²) in [6.07, 6.45) is 0. The average molecular weight is 411 g/mol. The third-order valence-electron chi connectivity index (χ3n) is 4.77. The maximum atomic E-state index is 13.2. The maximum absolute atomic E-state index is 13.2. The molecular formula is C21H15ClN2O5. The van der Waals surface area contributed by atoms with Crippen molar-refractivity contribution in [2.75, 3.05) is 23.4 Å². The number of aliphatic hydroxyl groups excluding tert-OH is 1. The molecule has 146 valence electrons. The molecule has 0 unspecified atom stereocenters. The number of halogens is 1. The molecule has 2 amide bonds. The molecule has 1 heterocycles. The van der Waals surface area contributed by atoms with Crippen LogP contribution in [0.1, 0.15) is 31.1 Å². The molecule has 8 heteroatoms. The fourth-order valence-corrected chi connectivity index (χ4v) is 3.70. The first-order valence-electron chi connectivity index (χ1n) is 8.76. The van der Waals surface area contributed by atoms with E-state index in [0.29, 0.717) is 23.0 Å². The average Bonchev–Trinajstić information content (AvgIpc) is 2.70. The summed E-state index contributed by atoms with van der Waals surface area (Å²) in [6, 6.07) is 12.3. The van der Waals surface area contributed by atoms with Crippen LogP contribution in [0.4, 0.5) is 11.4 Å². The van der Waals surface area contributed by atoms with Gasteiger partial charge < -0.3 is 15.5 Å². The summed E-state index contributed by atoms with van der Waals surface area (Å²) in [5.41, 5.74) is 0.961. The second-order valence-electron chi connectivity index (χ2n) is 6.45. The molecule has 3 aromatic carbocycles. The number of hydrogen-bond donors (Lipinski definition) is 3. The molecule has 3 aromatic rings. The number of anilines is 2. The molecule has 1 aliphatic rings. The number of hydrogen-bond acceptors (Lipinski definition) is 5. The van der Waals surface area contributed by atoms with Crippen molar-refractivity contribution in [2.24, 2.45) is 0 Å². The molecule has 0 radical (unpaired) electrons. The number of carbonyl (C=O) groups excluding carboxylic acids is 2. The SMILES string of the molecule is O=C(O)c1ccc(Cl)cc1N1C(=O)c2cccc3c(NCCO)ccc(c23)C1=O. The Kier molecular flexibility index (Phi) is 4.70. The van der Waals surface area contributed by atoms with E-state index in [9.17, 15) is 19.5 Å². The summed E-state index contributed by atoms with van der Waals surface area (Å²) in [5, 5.41) is 23.0. The van der Waals surface area contributed by atoms with Crippen LogP contribution >= 0.6 is 11.6 Å². The fourth-order valence-electron chi connectivity index (χ4n) is 3.53. The maximum Gasteiger partial charge on any atom is 0.337 e. The van der Waals surface area contributed by atoms with Gasteiger partial charge in [-0.25, -0.2) is 9.69 Å². The molecule has 0 saturated heterocycles. The smallest absolute Gasteiger partial charge is 0.337 e. The van der Waals surface area contributed by atoms with Gasteiger partial charge in [-0.1, -0.05) is 23.7 Å². The van der Waals surface area contributed by atoms with Crippen LogP contribution in [0.15, 0.2) is 48.5 Å². The van der Waals surface area contributed by atoms with E-state index >= 15 is 0 Å². The van der Waals surface area contributed by atoms with Crippen LogP contribution in [0.25, 0.3) is 10.8 Å². The monoisotopic (exact) mass is 410 g/mol.